The largest absolute Gasteiger partial charge is 0.279 e. The molecule has 6 nitrogen and oxygen atoms in total. The molecule has 1 aromatic heterocycles. The number of benzene rings is 2. The van der Waals surface area contributed by atoms with Gasteiger partial charge in [0.05, 0.1) is 17.0 Å². The predicted molar refractivity (Wildman–Crippen MR) is 99.3 cm³/mol. The number of nitrogens with zero attached hydrogens (tertiary/aromatic N) is 2. The number of rotatable bonds is 3. The molecule has 0 unspecified atom stereocenters. The molecule has 27 heavy (non-hydrogen) atoms. The Bertz CT molecular complexity index is 1100. The van der Waals surface area contributed by atoms with Crippen LogP contribution in [0.1, 0.15) is 27.0 Å². The van der Waals surface area contributed by atoms with Crippen LogP contribution in [-0.2, 0) is 28.0 Å². The Balaban J connectivity index is 1.57. The molecular weight excluding hydrogens is 364 g/mol. The summed E-state index contributed by atoms with van der Waals surface area (Å²) in [5, 5.41) is 1.26. The average molecular weight is 382 g/mol. The molecular formula is C20H18N2O4S. The van der Waals surface area contributed by atoms with E-state index in [2.05, 4.69) is 0 Å². The van der Waals surface area contributed by atoms with Crippen molar-refractivity contribution in [3.05, 3.63) is 89.2 Å². The molecule has 2 heterocycles. The first-order valence-corrected chi connectivity index (χ1v) is 9.91. The minimum Gasteiger partial charge on any atom is -0.267 e. The first-order valence-electron chi connectivity index (χ1n) is 8.47. The van der Waals surface area contributed by atoms with Gasteiger partial charge in [-0.15, -0.1) is 0 Å². The molecule has 1 amide bonds. The van der Waals surface area contributed by atoms with Gasteiger partial charge in [-0.1, -0.05) is 42.0 Å². The molecule has 0 atom stereocenters. The summed E-state index contributed by atoms with van der Waals surface area (Å²) in [7, 11) is -3.74. The Labute approximate surface area is 157 Å². The highest BCUT2D eigenvalue weighted by Gasteiger charge is 2.25. The van der Waals surface area contributed by atoms with Crippen molar-refractivity contribution in [2.75, 3.05) is 0 Å². The molecule has 0 spiro atoms. The van der Waals surface area contributed by atoms with Crippen molar-refractivity contribution in [2.45, 2.75) is 25.0 Å². The van der Waals surface area contributed by atoms with Crippen LogP contribution in [0.4, 0.5) is 0 Å². The van der Waals surface area contributed by atoms with Crippen LogP contribution in [0.3, 0.4) is 0 Å². The Kier molecular flexibility index (Phi) is 4.33. The fourth-order valence-corrected chi connectivity index (χ4v) is 4.16. The highest BCUT2D eigenvalue weighted by molar-refractivity contribution is 7.90. The smallest absolute Gasteiger partial charge is 0.267 e. The quantitative estimate of drug-likeness (QED) is 0.698. The maximum atomic E-state index is 12.7. The van der Waals surface area contributed by atoms with E-state index in [1.54, 1.807) is 24.3 Å². The van der Waals surface area contributed by atoms with Gasteiger partial charge in [0, 0.05) is 12.4 Å². The highest BCUT2D eigenvalue weighted by Crippen LogP contribution is 2.22. The number of hydrogen-bond donors (Lipinski definition) is 0. The lowest BCUT2D eigenvalue weighted by atomic mass is 10.1. The van der Waals surface area contributed by atoms with Crippen LogP contribution >= 0.6 is 0 Å². The van der Waals surface area contributed by atoms with E-state index in [-0.39, 0.29) is 16.4 Å². The lowest BCUT2D eigenvalue weighted by molar-refractivity contribution is -0.149. The van der Waals surface area contributed by atoms with E-state index in [0.29, 0.717) is 13.2 Å². The minimum absolute atomic E-state index is 0.172. The zero-order chi connectivity index (χ0) is 19.0. The van der Waals surface area contributed by atoms with E-state index >= 15 is 0 Å². The van der Waals surface area contributed by atoms with Crippen LogP contribution in [0, 0.1) is 6.92 Å². The summed E-state index contributed by atoms with van der Waals surface area (Å²) in [6, 6.07) is 15.8. The van der Waals surface area contributed by atoms with E-state index < -0.39 is 10.0 Å². The molecule has 138 valence electrons. The number of aryl methyl sites for hydroxylation is 1. The monoisotopic (exact) mass is 382 g/mol. The van der Waals surface area contributed by atoms with E-state index in [1.165, 1.54) is 23.5 Å². The predicted octanol–water partition coefficient (Wildman–Crippen LogP) is 3.12. The molecule has 0 saturated heterocycles. The normalized spacial score (nSPS) is 14.0. The number of hydrogen-bond acceptors (Lipinski definition) is 4. The lowest BCUT2D eigenvalue weighted by Crippen LogP contribution is -2.34. The van der Waals surface area contributed by atoms with Crippen molar-refractivity contribution in [3.8, 4) is 0 Å². The number of carbonyl (C=O) groups is 1. The summed E-state index contributed by atoms with van der Waals surface area (Å²) in [5.74, 6) is -0.373. The third kappa shape index (κ3) is 3.27. The maximum Gasteiger partial charge on any atom is 0.279 e. The van der Waals surface area contributed by atoms with Crippen LogP contribution in [0.2, 0.25) is 0 Å². The molecule has 0 N–H and O–H groups in total. The van der Waals surface area contributed by atoms with Crippen LogP contribution < -0.4 is 0 Å². The number of fused-ring (bicyclic) bond motifs is 1. The number of hydroxylamine groups is 2. The fourth-order valence-electron chi connectivity index (χ4n) is 2.96. The van der Waals surface area contributed by atoms with Crippen LogP contribution in [0.25, 0.3) is 0 Å². The van der Waals surface area contributed by atoms with Gasteiger partial charge in [-0.05, 0) is 36.2 Å². The molecule has 4 rings (SSSR count). The third-order valence-corrected chi connectivity index (χ3v) is 6.20. The lowest BCUT2D eigenvalue weighted by Gasteiger charge is -2.27. The summed E-state index contributed by atoms with van der Waals surface area (Å²) < 4.78 is 26.5. The van der Waals surface area contributed by atoms with Crippen molar-refractivity contribution >= 4 is 15.9 Å². The molecule has 1 aliphatic heterocycles. The number of carbonyl (C=O) groups excluding carboxylic acids is 1. The number of aromatic nitrogens is 1. The molecule has 7 heteroatoms. The van der Waals surface area contributed by atoms with Crippen molar-refractivity contribution in [3.63, 3.8) is 0 Å². The standard InChI is InChI=1S/C20H18N2O4S/c1-15-6-8-19(9-7-15)27(24,25)21-11-10-17(12-21)20(23)22-13-16-4-2-3-5-18(16)14-26-22/h2-12H,13-14H2,1H3. The van der Waals surface area contributed by atoms with Crippen LogP contribution in [-0.4, -0.2) is 23.4 Å². The summed E-state index contributed by atoms with van der Waals surface area (Å²) in [6.45, 7) is 2.52. The van der Waals surface area contributed by atoms with Gasteiger partial charge in [0.15, 0.2) is 0 Å². The van der Waals surface area contributed by atoms with Crippen molar-refractivity contribution < 1.29 is 18.0 Å². The van der Waals surface area contributed by atoms with Gasteiger partial charge in [-0.3, -0.25) is 9.63 Å². The molecule has 0 fully saturated rings. The van der Waals surface area contributed by atoms with Crippen molar-refractivity contribution in [1.82, 2.24) is 9.04 Å². The molecule has 2 aromatic carbocycles. The van der Waals surface area contributed by atoms with Gasteiger partial charge >= 0.3 is 0 Å². The third-order valence-electron chi connectivity index (χ3n) is 4.55. The fraction of sp³-hybridized carbons (Fsp3) is 0.150. The van der Waals surface area contributed by atoms with Gasteiger partial charge in [0.25, 0.3) is 15.9 Å². The first kappa shape index (κ1) is 17.5. The maximum absolute atomic E-state index is 12.7. The summed E-state index contributed by atoms with van der Waals surface area (Å²) in [6.07, 6.45) is 2.70. The Morgan fingerprint density at radius 3 is 2.44 bits per heavy atom. The Morgan fingerprint density at radius 1 is 1.00 bits per heavy atom. The van der Waals surface area contributed by atoms with Gasteiger partial charge < -0.3 is 0 Å². The second kappa shape index (κ2) is 6.68. The molecule has 0 aliphatic carbocycles. The highest BCUT2D eigenvalue weighted by atomic mass is 32.2. The molecule has 1 aliphatic rings. The zero-order valence-corrected chi connectivity index (χ0v) is 15.5. The SMILES string of the molecule is Cc1ccc(S(=O)(=O)n2ccc(C(=O)N3Cc4ccccc4CO3)c2)cc1. The minimum atomic E-state index is -3.74. The average Bonchev–Trinajstić information content (AvgIpc) is 3.18. The van der Waals surface area contributed by atoms with E-state index in [4.69, 9.17) is 4.84 Å². The summed E-state index contributed by atoms with van der Waals surface area (Å²) in [4.78, 5) is 18.4. The molecule has 0 radical (unpaired) electrons. The van der Waals surface area contributed by atoms with Gasteiger partial charge in [-0.2, -0.15) is 0 Å². The summed E-state index contributed by atoms with van der Waals surface area (Å²) >= 11 is 0. The van der Waals surface area contributed by atoms with Crippen LogP contribution in [0.15, 0.2) is 71.9 Å². The number of amides is 1. The van der Waals surface area contributed by atoms with E-state index in [1.807, 2.05) is 31.2 Å². The van der Waals surface area contributed by atoms with Gasteiger partial charge in [0.1, 0.15) is 6.61 Å². The second-order valence-corrected chi connectivity index (χ2v) is 8.28. The molecule has 0 bridgehead atoms. The van der Waals surface area contributed by atoms with E-state index in [0.717, 1.165) is 20.7 Å². The first-order chi connectivity index (χ1) is 12.9. The van der Waals surface area contributed by atoms with Gasteiger partial charge in [0.2, 0.25) is 0 Å². The van der Waals surface area contributed by atoms with Crippen molar-refractivity contribution in [2.24, 2.45) is 0 Å². The summed E-state index contributed by atoms with van der Waals surface area (Å²) in [5.41, 5.74) is 3.29. The zero-order valence-electron chi connectivity index (χ0n) is 14.7. The molecule has 0 saturated carbocycles. The Morgan fingerprint density at radius 2 is 1.70 bits per heavy atom. The van der Waals surface area contributed by atoms with Crippen molar-refractivity contribution in [1.29, 1.82) is 0 Å². The van der Waals surface area contributed by atoms with Gasteiger partial charge in [-0.25, -0.2) is 17.5 Å². The second-order valence-electron chi connectivity index (χ2n) is 6.43. The van der Waals surface area contributed by atoms with Crippen LogP contribution in [0.5, 0.6) is 0 Å². The Hall–Kier alpha value is -2.90. The van der Waals surface area contributed by atoms with E-state index in [9.17, 15) is 13.2 Å². The molecule has 3 aromatic rings. The topological polar surface area (TPSA) is 68.6 Å².